The minimum Gasteiger partial charge on any atom is -0.316 e. The Morgan fingerprint density at radius 1 is 1.43 bits per heavy atom. The fraction of sp³-hybridized carbons (Fsp3) is 0.417. The van der Waals surface area contributed by atoms with Gasteiger partial charge < -0.3 is 4.85 Å². The molecule has 0 heterocycles. The molecule has 0 radical (unpaired) electrons. The van der Waals surface area contributed by atoms with Gasteiger partial charge in [-0.05, 0) is 30.5 Å². The normalized spacial score (nSPS) is 18.3. The molecule has 1 aromatic rings. The van der Waals surface area contributed by atoms with E-state index in [0.29, 0.717) is 6.54 Å². The van der Waals surface area contributed by atoms with E-state index in [1.165, 1.54) is 6.07 Å². The molecular formula is C12H12FN. The SMILES string of the molecule is [C-]#[N+]CC1(c2cccc(F)c2)CCC1. The lowest BCUT2D eigenvalue weighted by Crippen LogP contribution is -2.36. The van der Waals surface area contributed by atoms with Crippen molar-refractivity contribution in [1.29, 1.82) is 0 Å². The Labute approximate surface area is 83.4 Å². The van der Waals surface area contributed by atoms with Crippen LogP contribution in [0.5, 0.6) is 0 Å². The maximum Gasteiger partial charge on any atom is 0.224 e. The minimum atomic E-state index is -0.196. The number of nitrogens with zero attached hydrogens (tertiary/aromatic N) is 1. The smallest absolute Gasteiger partial charge is 0.224 e. The lowest BCUT2D eigenvalue weighted by molar-refractivity contribution is 0.265. The van der Waals surface area contributed by atoms with Gasteiger partial charge in [0.05, 0.1) is 5.41 Å². The van der Waals surface area contributed by atoms with Crippen molar-refractivity contribution < 1.29 is 4.39 Å². The number of rotatable bonds is 2. The summed E-state index contributed by atoms with van der Waals surface area (Å²) in [6.07, 6.45) is 3.21. The van der Waals surface area contributed by atoms with Gasteiger partial charge in [0.15, 0.2) is 0 Å². The van der Waals surface area contributed by atoms with Gasteiger partial charge in [-0.1, -0.05) is 18.6 Å². The molecule has 0 atom stereocenters. The molecule has 0 aliphatic heterocycles. The summed E-state index contributed by atoms with van der Waals surface area (Å²) in [7, 11) is 0. The van der Waals surface area contributed by atoms with Crippen molar-refractivity contribution in [1.82, 2.24) is 0 Å². The summed E-state index contributed by atoms with van der Waals surface area (Å²) >= 11 is 0. The van der Waals surface area contributed by atoms with Gasteiger partial charge >= 0.3 is 0 Å². The first-order chi connectivity index (χ1) is 6.77. The van der Waals surface area contributed by atoms with Gasteiger partial charge in [-0.2, -0.15) is 0 Å². The lowest BCUT2D eigenvalue weighted by Gasteiger charge is -2.37. The van der Waals surface area contributed by atoms with Crippen molar-refractivity contribution in [3.63, 3.8) is 0 Å². The summed E-state index contributed by atoms with van der Waals surface area (Å²) in [5, 5.41) is 0. The first-order valence-corrected chi connectivity index (χ1v) is 4.86. The molecule has 0 N–H and O–H groups in total. The zero-order valence-corrected chi connectivity index (χ0v) is 7.96. The second-order valence-corrected chi connectivity index (χ2v) is 3.96. The van der Waals surface area contributed by atoms with Crippen LogP contribution in [0.15, 0.2) is 24.3 Å². The van der Waals surface area contributed by atoms with Crippen LogP contribution < -0.4 is 0 Å². The molecule has 2 heteroatoms. The van der Waals surface area contributed by atoms with Crippen molar-refractivity contribution in [2.45, 2.75) is 24.7 Å². The van der Waals surface area contributed by atoms with E-state index in [9.17, 15) is 4.39 Å². The van der Waals surface area contributed by atoms with Crippen LogP contribution in [0.1, 0.15) is 24.8 Å². The third kappa shape index (κ3) is 1.39. The van der Waals surface area contributed by atoms with Crippen molar-refractivity contribution >= 4 is 0 Å². The predicted molar refractivity (Wildman–Crippen MR) is 53.4 cm³/mol. The van der Waals surface area contributed by atoms with Crippen LogP contribution in [0.25, 0.3) is 4.85 Å². The Hall–Kier alpha value is -1.36. The topological polar surface area (TPSA) is 4.36 Å². The minimum absolute atomic E-state index is 0.0378. The van der Waals surface area contributed by atoms with Crippen LogP contribution >= 0.6 is 0 Å². The van der Waals surface area contributed by atoms with Crippen molar-refractivity contribution in [2.24, 2.45) is 0 Å². The van der Waals surface area contributed by atoms with Crippen LogP contribution in [0.4, 0.5) is 4.39 Å². The first-order valence-electron chi connectivity index (χ1n) is 4.86. The fourth-order valence-corrected chi connectivity index (χ4v) is 2.11. The summed E-state index contributed by atoms with van der Waals surface area (Å²) in [4.78, 5) is 3.46. The third-order valence-corrected chi connectivity index (χ3v) is 3.13. The van der Waals surface area contributed by atoms with Crippen LogP contribution in [-0.4, -0.2) is 6.54 Å². The Morgan fingerprint density at radius 3 is 2.71 bits per heavy atom. The van der Waals surface area contributed by atoms with E-state index < -0.39 is 0 Å². The van der Waals surface area contributed by atoms with Crippen molar-refractivity contribution in [3.8, 4) is 0 Å². The fourth-order valence-electron chi connectivity index (χ4n) is 2.11. The van der Waals surface area contributed by atoms with E-state index >= 15 is 0 Å². The van der Waals surface area contributed by atoms with Crippen molar-refractivity contribution in [2.75, 3.05) is 6.54 Å². The first kappa shape index (κ1) is 9.21. The van der Waals surface area contributed by atoms with E-state index in [0.717, 1.165) is 24.8 Å². The quantitative estimate of drug-likeness (QED) is 0.629. The standard InChI is InChI=1S/C12H12FN/c1-14-9-12(6-3-7-12)10-4-2-5-11(13)8-10/h2,4-5,8H,3,6-7,9H2. The van der Waals surface area contributed by atoms with E-state index in [4.69, 9.17) is 6.57 Å². The van der Waals surface area contributed by atoms with Gasteiger partial charge in [-0.25, -0.2) is 11.0 Å². The summed E-state index contributed by atoms with van der Waals surface area (Å²) in [5.41, 5.74) is 0.962. The zero-order valence-electron chi connectivity index (χ0n) is 7.96. The molecule has 0 saturated heterocycles. The summed E-state index contributed by atoms with van der Waals surface area (Å²) in [5.74, 6) is -0.196. The Balaban J connectivity index is 2.32. The number of hydrogen-bond acceptors (Lipinski definition) is 0. The molecule has 1 aromatic carbocycles. The average molecular weight is 189 g/mol. The highest BCUT2D eigenvalue weighted by atomic mass is 19.1. The second kappa shape index (κ2) is 3.42. The van der Waals surface area contributed by atoms with E-state index in [2.05, 4.69) is 4.85 Å². The molecule has 0 spiro atoms. The van der Waals surface area contributed by atoms with Crippen LogP contribution in [0.2, 0.25) is 0 Å². The number of halogens is 1. The van der Waals surface area contributed by atoms with Gasteiger partial charge in [0.1, 0.15) is 5.82 Å². The van der Waals surface area contributed by atoms with Crippen LogP contribution in [0.3, 0.4) is 0 Å². The molecule has 0 unspecified atom stereocenters. The predicted octanol–water partition coefficient (Wildman–Crippen LogP) is 3.17. The zero-order chi connectivity index (χ0) is 10.0. The van der Waals surface area contributed by atoms with Gasteiger partial charge in [0.25, 0.3) is 0 Å². The molecule has 2 rings (SSSR count). The number of hydrogen-bond donors (Lipinski definition) is 0. The number of benzene rings is 1. The molecule has 1 saturated carbocycles. The van der Waals surface area contributed by atoms with Gasteiger partial charge in [0, 0.05) is 0 Å². The summed E-state index contributed by atoms with van der Waals surface area (Å²) in [6.45, 7) is 7.43. The molecular weight excluding hydrogens is 177 g/mol. The Morgan fingerprint density at radius 2 is 2.21 bits per heavy atom. The van der Waals surface area contributed by atoms with Gasteiger partial charge in [-0.3, -0.25) is 0 Å². The summed E-state index contributed by atoms with van der Waals surface area (Å²) in [6, 6.07) is 6.69. The largest absolute Gasteiger partial charge is 0.316 e. The second-order valence-electron chi connectivity index (χ2n) is 3.96. The lowest BCUT2D eigenvalue weighted by atomic mass is 9.64. The van der Waals surface area contributed by atoms with Crippen LogP contribution in [-0.2, 0) is 5.41 Å². The van der Waals surface area contributed by atoms with Crippen LogP contribution in [0, 0.1) is 12.4 Å². The molecule has 0 bridgehead atoms. The monoisotopic (exact) mass is 189 g/mol. The average Bonchev–Trinajstić information content (AvgIpc) is 2.11. The van der Waals surface area contributed by atoms with E-state index in [1.54, 1.807) is 12.1 Å². The van der Waals surface area contributed by atoms with Gasteiger partial charge in [-0.15, -0.1) is 0 Å². The molecule has 1 aliphatic rings. The molecule has 1 aliphatic carbocycles. The maximum absolute atomic E-state index is 13.0. The Bertz CT molecular complexity index is 374. The maximum atomic E-state index is 13.0. The van der Waals surface area contributed by atoms with Crippen molar-refractivity contribution in [3.05, 3.63) is 47.1 Å². The third-order valence-electron chi connectivity index (χ3n) is 3.13. The molecule has 72 valence electrons. The molecule has 0 amide bonds. The van der Waals surface area contributed by atoms with Gasteiger partial charge in [0.2, 0.25) is 6.54 Å². The molecule has 1 fully saturated rings. The molecule has 1 nitrogen and oxygen atoms in total. The highest BCUT2D eigenvalue weighted by Crippen LogP contribution is 2.44. The highest BCUT2D eigenvalue weighted by Gasteiger charge is 2.41. The van der Waals surface area contributed by atoms with E-state index in [1.807, 2.05) is 6.07 Å². The highest BCUT2D eigenvalue weighted by molar-refractivity contribution is 5.30. The van der Waals surface area contributed by atoms with E-state index in [-0.39, 0.29) is 11.2 Å². The summed E-state index contributed by atoms with van der Waals surface area (Å²) < 4.78 is 13.0. The molecule has 14 heavy (non-hydrogen) atoms. The Kier molecular flexibility index (Phi) is 2.25. The molecule has 0 aromatic heterocycles.